The van der Waals surface area contributed by atoms with E-state index in [4.69, 9.17) is 9.31 Å². The van der Waals surface area contributed by atoms with Crippen molar-refractivity contribution in [1.29, 1.82) is 0 Å². The molecule has 232 valence electrons. The number of fused-ring (bicyclic) bond motifs is 1. The molecule has 1 amide bonds. The fourth-order valence-electron chi connectivity index (χ4n) is 5.01. The number of hydrogen-bond donors (Lipinski definition) is 1. The van der Waals surface area contributed by atoms with Gasteiger partial charge in [-0.3, -0.25) is 14.5 Å². The second-order valence-corrected chi connectivity index (χ2v) is 11.6. The molecule has 2 aliphatic rings. The minimum Gasteiger partial charge on any atom is -0.468 e. The normalized spacial score (nSPS) is 19.8. The first-order chi connectivity index (χ1) is 19.4. The number of aryl methyl sites for hydroxylation is 1. The summed E-state index contributed by atoms with van der Waals surface area (Å²) < 4.78 is 81.0. The van der Waals surface area contributed by atoms with Gasteiger partial charge in [0.1, 0.15) is 12.0 Å². The lowest BCUT2D eigenvalue weighted by atomic mass is 9.76. The van der Waals surface area contributed by atoms with Gasteiger partial charge in [0.2, 0.25) is 5.91 Å². The lowest BCUT2D eigenvalue weighted by Crippen LogP contribution is -2.57. The Morgan fingerprint density at radius 2 is 1.55 bits per heavy atom. The molecule has 2 fully saturated rings. The molecule has 0 atom stereocenters. The lowest BCUT2D eigenvalue weighted by Gasteiger charge is -2.41. The van der Waals surface area contributed by atoms with Crippen LogP contribution in [0.5, 0.6) is 0 Å². The first-order valence-electron chi connectivity index (χ1n) is 13.7. The number of alkyl halides is 5. The highest BCUT2D eigenvalue weighted by atomic mass is 19.4. The molecule has 0 aromatic heterocycles. The second-order valence-electron chi connectivity index (χ2n) is 11.6. The maximum atomic E-state index is 13.3. The van der Waals surface area contributed by atoms with Gasteiger partial charge >= 0.3 is 19.3 Å². The number of carbonyl (C=O) groups is 2. The number of methoxy groups -OCH3 is 1. The van der Waals surface area contributed by atoms with E-state index in [-0.39, 0.29) is 31.4 Å². The number of rotatable bonds is 6. The number of esters is 1. The molecular formula is C29H38BF5N2O5. The molecule has 13 heteroatoms. The predicted octanol–water partition coefficient (Wildman–Crippen LogP) is 4.63. The number of ether oxygens (including phenoxy) is 1. The Labute approximate surface area is 243 Å². The van der Waals surface area contributed by atoms with Crippen LogP contribution in [0.1, 0.15) is 46.1 Å². The molecule has 1 N–H and O–H groups in total. The van der Waals surface area contributed by atoms with Crippen molar-refractivity contribution in [3.05, 3.63) is 42.0 Å². The topological polar surface area (TPSA) is 77.1 Å². The van der Waals surface area contributed by atoms with Crippen molar-refractivity contribution in [2.45, 2.75) is 71.3 Å². The van der Waals surface area contributed by atoms with Gasteiger partial charge in [0.25, 0.3) is 6.43 Å². The van der Waals surface area contributed by atoms with Gasteiger partial charge in [-0.25, -0.2) is 8.78 Å². The van der Waals surface area contributed by atoms with Crippen LogP contribution in [0.15, 0.2) is 36.4 Å². The molecule has 2 saturated heterocycles. The molecule has 2 aromatic carbocycles. The monoisotopic (exact) mass is 600 g/mol. The third kappa shape index (κ3) is 7.23. The number of carbonyl (C=O) groups excluding carboxylic acids is 2. The first-order valence-corrected chi connectivity index (χ1v) is 13.7. The van der Waals surface area contributed by atoms with Crippen LogP contribution in [-0.2, 0) is 23.6 Å². The lowest BCUT2D eigenvalue weighted by molar-refractivity contribution is -0.233. The third-order valence-electron chi connectivity index (χ3n) is 8.39. The van der Waals surface area contributed by atoms with Gasteiger partial charge in [-0.05, 0) is 82.3 Å². The Kier molecular flexibility index (Phi) is 10.3. The van der Waals surface area contributed by atoms with Gasteiger partial charge in [-0.15, -0.1) is 0 Å². The van der Waals surface area contributed by atoms with Crippen molar-refractivity contribution in [3.63, 3.8) is 0 Å². The molecule has 0 aliphatic carbocycles. The minimum atomic E-state index is -4.83. The zero-order chi connectivity index (χ0) is 31.5. The van der Waals surface area contributed by atoms with Gasteiger partial charge in [-0.1, -0.05) is 36.4 Å². The highest BCUT2D eigenvalue weighted by Crippen LogP contribution is 2.46. The molecule has 0 saturated carbocycles. The Balaban J connectivity index is 0.000000231. The number of hydrogen-bond acceptors (Lipinski definition) is 6. The first kappa shape index (κ1) is 33.7. The quantitative estimate of drug-likeness (QED) is 0.296. The summed E-state index contributed by atoms with van der Waals surface area (Å²) in [5, 5.41) is 4.38. The molecule has 0 radical (unpaired) electrons. The number of nitrogens with one attached hydrogen (secondary N) is 1. The van der Waals surface area contributed by atoms with Gasteiger partial charge in [0.15, 0.2) is 0 Å². The van der Waals surface area contributed by atoms with Crippen LogP contribution in [0.2, 0.25) is 0 Å². The second kappa shape index (κ2) is 12.8. The molecule has 2 aliphatic heterocycles. The molecule has 42 heavy (non-hydrogen) atoms. The number of likely N-dealkylation sites (tertiary alicyclic amines) is 1. The van der Waals surface area contributed by atoms with E-state index in [1.54, 1.807) is 0 Å². The van der Waals surface area contributed by atoms with Gasteiger partial charge in [0.05, 0.1) is 24.9 Å². The Morgan fingerprint density at radius 3 is 2.07 bits per heavy atom. The average molecular weight is 600 g/mol. The van der Waals surface area contributed by atoms with Crippen molar-refractivity contribution in [2.75, 3.05) is 33.3 Å². The smallest absolute Gasteiger partial charge is 0.468 e. The van der Waals surface area contributed by atoms with Crippen LogP contribution in [-0.4, -0.2) is 81.0 Å². The molecule has 4 rings (SSSR count). The summed E-state index contributed by atoms with van der Waals surface area (Å²) in [6.07, 6.45) is -8.73. The van der Waals surface area contributed by atoms with Crippen molar-refractivity contribution in [3.8, 4) is 0 Å². The van der Waals surface area contributed by atoms with Crippen molar-refractivity contribution < 1.29 is 45.6 Å². The highest BCUT2D eigenvalue weighted by molar-refractivity contribution is 6.65. The summed E-state index contributed by atoms with van der Waals surface area (Å²) in [6, 6.07) is 12.7. The van der Waals surface area contributed by atoms with E-state index >= 15 is 0 Å². The maximum Gasteiger partial charge on any atom is 0.495 e. The SMILES string of the molecule is COC(=O)CNC(=O)C1(C(F)(F)F)CCN(CC(F)F)CC1.Cc1cccc2c(B3OC(C)(C)C(C)(C)O3)cccc12. The van der Waals surface area contributed by atoms with Crippen LogP contribution in [0, 0.1) is 12.3 Å². The Morgan fingerprint density at radius 1 is 1.00 bits per heavy atom. The summed E-state index contributed by atoms with van der Waals surface area (Å²) in [7, 11) is 0.738. The van der Waals surface area contributed by atoms with Crippen LogP contribution in [0.3, 0.4) is 0 Å². The van der Waals surface area contributed by atoms with E-state index < -0.39 is 55.8 Å². The summed E-state index contributed by atoms with van der Waals surface area (Å²) in [4.78, 5) is 24.0. The van der Waals surface area contributed by atoms with Crippen molar-refractivity contribution in [1.82, 2.24) is 10.2 Å². The van der Waals surface area contributed by atoms with Crippen molar-refractivity contribution >= 4 is 35.2 Å². The Hall–Kier alpha value is -2.77. The molecule has 0 unspecified atom stereocenters. The van der Waals surface area contributed by atoms with Crippen LogP contribution in [0.4, 0.5) is 22.0 Å². The standard InChI is InChI=1S/C17H21BO2.C12H17F5N2O3/c1-12-8-6-10-14-13(12)9-7-11-15(14)18-19-16(2,3)17(4,5)20-18;1-22-9(20)6-18-10(21)11(12(15,16)17)2-4-19(5-3-11)7-8(13)14/h6-11H,1-5H3;8H,2-7H2,1H3,(H,18,21). The molecule has 0 bridgehead atoms. The van der Waals surface area contributed by atoms with Crippen molar-refractivity contribution in [2.24, 2.45) is 5.41 Å². The van der Waals surface area contributed by atoms with Gasteiger partial charge in [0, 0.05) is 0 Å². The van der Waals surface area contributed by atoms with E-state index in [2.05, 4.69) is 75.8 Å². The largest absolute Gasteiger partial charge is 0.495 e. The summed E-state index contributed by atoms with van der Waals surface area (Å²) in [6.45, 7) is 8.65. The fourth-order valence-corrected chi connectivity index (χ4v) is 5.01. The fraction of sp³-hybridized carbons (Fsp3) is 0.586. The minimum absolute atomic E-state index is 0.268. The van der Waals surface area contributed by atoms with Crippen LogP contribution < -0.4 is 10.8 Å². The molecule has 7 nitrogen and oxygen atoms in total. The molecule has 2 aromatic rings. The van der Waals surface area contributed by atoms with E-state index in [0.29, 0.717) is 0 Å². The van der Waals surface area contributed by atoms with E-state index in [9.17, 15) is 31.5 Å². The summed E-state index contributed by atoms with van der Waals surface area (Å²) >= 11 is 0. The number of nitrogens with zero attached hydrogens (tertiary/aromatic N) is 1. The summed E-state index contributed by atoms with van der Waals surface area (Å²) in [5.41, 5.74) is -0.877. The number of halogens is 5. The van der Waals surface area contributed by atoms with E-state index in [0.717, 1.165) is 12.6 Å². The van der Waals surface area contributed by atoms with E-state index in [1.165, 1.54) is 21.2 Å². The zero-order valence-electron chi connectivity index (χ0n) is 24.7. The average Bonchev–Trinajstić information content (AvgIpc) is 3.13. The predicted molar refractivity (Wildman–Crippen MR) is 150 cm³/mol. The third-order valence-corrected chi connectivity index (χ3v) is 8.39. The van der Waals surface area contributed by atoms with E-state index in [1.807, 2.05) is 5.32 Å². The number of piperidine rings is 1. The van der Waals surface area contributed by atoms with Crippen LogP contribution >= 0.6 is 0 Å². The van der Waals surface area contributed by atoms with Gasteiger partial charge < -0.3 is 19.4 Å². The number of amides is 1. The van der Waals surface area contributed by atoms with Gasteiger partial charge in [-0.2, -0.15) is 13.2 Å². The maximum absolute atomic E-state index is 13.3. The zero-order valence-corrected chi connectivity index (χ0v) is 24.7. The number of benzene rings is 2. The molecule has 2 heterocycles. The Bertz CT molecular complexity index is 1250. The molecule has 0 spiro atoms. The highest BCUT2D eigenvalue weighted by Gasteiger charge is 2.60. The van der Waals surface area contributed by atoms with Crippen LogP contribution in [0.25, 0.3) is 10.8 Å². The molecular weight excluding hydrogens is 562 g/mol. The summed E-state index contributed by atoms with van der Waals surface area (Å²) in [5.74, 6) is -2.21.